The van der Waals surface area contributed by atoms with Crippen molar-refractivity contribution < 1.29 is 4.42 Å². The fraction of sp³-hybridized carbons (Fsp3) is 0.400. The molecule has 1 saturated heterocycles. The Balaban J connectivity index is 1.17. The smallest absolute Gasteiger partial charge is 0.298 e. The Morgan fingerprint density at radius 3 is 2.77 bits per heavy atom. The molecule has 0 amide bonds. The third-order valence-corrected chi connectivity index (χ3v) is 4.83. The lowest BCUT2D eigenvalue weighted by molar-refractivity contribution is 0.400. The minimum Gasteiger partial charge on any atom is -0.423 e. The first-order valence-electron chi connectivity index (χ1n) is 9.36. The maximum absolute atomic E-state index is 5.88. The number of pyridine rings is 1. The summed E-state index contributed by atoms with van der Waals surface area (Å²) in [5.41, 5.74) is 2.88. The number of nitrogens with one attached hydrogen (secondary N) is 2. The molecular weight excluding hydrogens is 326 g/mol. The van der Waals surface area contributed by atoms with Crippen LogP contribution in [-0.4, -0.2) is 42.2 Å². The second-order valence-corrected chi connectivity index (χ2v) is 6.70. The van der Waals surface area contributed by atoms with E-state index < -0.39 is 0 Å². The highest BCUT2D eigenvalue weighted by Gasteiger charge is 2.22. The van der Waals surface area contributed by atoms with Crippen molar-refractivity contribution in [3.8, 4) is 0 Å². The van der Waals surface area contributed by atoms with E-state index in [-0.39, 0.29) is 0 Å². The molecule has 2 N–H and O–H groups in total. The maximum atomic E-state index is 5.88. The van der Waals surface area contributed by atoms with Gasteiger partial charge in [-0.1, -0.05) is 12.1 Å². The minimum absolute atomic E-state index is 0.578. The highest BCUT2D eigenvalue weighted by Crippen LogP contribution is 2.24. The van der Waals surface area contributed by atoms with Gasteiger partial charge in [-0.05, 0) is 50.1 Å². The molecule has 0 atom stereocenters. The van der Waals surface area contributed by atoms with Crippen LogP contribution < -0.4 is 15.5 Å². The van der Waals surface area contributed by atoms with Gasteiger partial charge in [0, 0.05) is 38.1 Å². The molecule has 1 aliphatic rings. The lowest BCUT2D eigenvalue weighted by Gasteiger charge is -2.31. The van der Waals surface area contributed by atoms with Gasteiger partial charge in [-0.15, -0.1) is 0 Å². The standard InChI is InChI=1S/C20H25N5O/c1-2-7-19-18(6-1)24-20(26-19)25-13-8-16(9-14-25)22-11-4-12-23-17-5-3-10-21-15-17/h1-3,5-7,10,15-16,22-23H,4,8-9,11-14H2. The van der Waals surface area contributed by atoms with Crippen molar-refractivity contribution in [1.82, 2.24) is 15.3 Å². The number of para-hydroxylation sites is 2. The topological polar surface area (TPSA) is 66.2 Å². The van der Waals surface area contributed by atoms with Crippen LogP contribution in [0.1, 0.15) is 19.3 Å². The average molecular weight is 351 g/mol. The van der Waals surface area contributed by atoms with Gasteiger partial charge in [0.2, 0.25) is 0 Å². The summed E-state index contributed by atoms with van der Waals surface area (Å²) >= 11 is 0. The number of anilines is 2. The van der Waals surface area contributed by atoms with Crippen molar-refractivity contribution in [2.24, 2.45) is 0 Å². The average Bonchev–Trinajstić information content (AvgIpc) is 3.13. The van der Waals surface area contributed by atoms with E-state index in [2.05, 4.69) is 25.5 Å². The first kappa shape index (κ1) is 16.8. The fourth-order valence-electron chi connectivity index (χ4n) is 3.36. The van der Waals surface area contributed by atoms with Gasteiger partial charge in [0.05, 0.1) is 5.69 Å². The molecule has 0 radical (unpaired) electrons. The molecule has 6 heteroatoms. The minimum atomic E-state index is 0.578. The van der Waals surface area contributed by atoms with Crippen LogP contribution in [0.2, 0.25) is 0 Å². The van der Waals surface area contributed by atoms with Gasteiger partial charge in [-0.25, -0.2) is 0 Å². The van der Waals surface area contributed by atoms with Gasteiger partial charge >= 0.3 is 0 Å². The summed E-state index contributed by atoms with van der Waals surface area (Å²) in [6.45, 7) is 3.96. The van der Waals surface area contributed by atoms with E-state index in [9.17, 15) is 0 Å². The van der Waals surface area contributed by atoms with Crippen molar-refractivity contribution in [3.05, 3.63) is 48.8 Å². The third-order valence-electron chi connectivity index (χ3n) is 4.83. The monoisotopic (exact) mass is 351 g/mol. The van der Waals surface area contributed by atoms with Gasteiger partial charge in [0.15, 0.2) is 5.58 Å². The summed E-state index contributed by atoms with van der Waals surface area (Å²) in [6, 6.07) is 13.3. The van der Waals surface area contributed by atoms with E-state index >= 15 is 0 Å². The number of aromatic nitrogens is 2. The molecular formula is C20H25N5O. The predicted molar refractivity (Wildman–Crippen MR) is 105 cm³/mol. The van der Waals surface area contributed by atoms with Gasteiger partial charge in [0.1, 0.15) is 5.52 Å². The van der Waals surface area contributed by atoms with Crippen molar-refractivity contribution in [3.63, 3.8) is 0 Å². The van der Waals surface area contributed by atoms with Crippen molar-refractivity contribution in [2.75, 3.05) is 36.4 Å². The first-order chi connectivity index (χ1) is 12.9. The number of hydrogen-bond donors (Lipinski definition) is 2. The first-order valence-corrected chi connectivity index (χ1v) is 9.36. The van der Waals surface area contributed by atoms with Gasteiger partial charge in [-0.2, -0.15) is 4.98 Å². The van der Waals surface area contributed by atoms with E-state index in [1.165, 1.54) is 0 Å². The van der Waals surface area contributed by atoms with Crippen LogP contribution in [0.15, 0.2) is 53.2 Å². The largest absolute Gasteiger partial charge is 0.423 e. The molecule has 0 unspecified atom stereocenters. The zero-order valence-corrected chi connectivity index (χ0v) is 14.9. The number of hydrogen-bond acceptors (Lipinski definition) is 6. The highest BCUT2D eigenvalue weighted by atomic mass is 16.4. The van der Waals surface area contributed by atoms with E-state index in [4.69, 9.17) is 4.42 Å². The number of fused-ring (bicyclic) bond motifs is 1. The van der Waals surface area contributed by atoms with Crippen LogP contribution in [0.3, 0.4) is 0 Å². The van der Waals surface area contributed by atoms with Gasteiger partial charge in [-0.3, -0.25) is 4.98 Å². The second-order valence-electron chi connectivity index (χ2n) is 6.70. The molecule has 1 aliphatic heterocycles. The Labute approximate surface area is 153 Å². The third kappa shape index (κ3) is 4.14. The Morgan fingerprint density at radius 2 is 1.96 bits per heavy atom. The fourth-order valence-corrected chi connectivity index (χ4v) is 3.36. The van der Waals surface area contributed by atoms with Crippen molar-refractivity contribution >= 4 is 22.8 Å². The maximum Gasteiger partial charge on any atom is 0.298 e. The van der Waals surface area contributed by atoms with Gasteiger partial charge in [0.25, 0.3) is 6.01 Å². The molecule has 26 heavy (non-hydrogen) atoms. The van der Waals surface area contributed by atoms with E-state index in [0.29, 0.717) is 6.04 Å². The van der Waals surface area contributed by atoms with Crippen LogP contribution in [0, 0.1) is 0 Å². The molecule has 3 heterocycles. The van der Waals surface area contributed by atoms with E-state index in [0.717, 1.165) is 68.2 Å². The number of oxazole rings is 1. The molecule has 6 nitrogen and oxygen atoms in total. The summed E-state index contributed by atoms with van der Waals surface area (Å²) in [5, 5.41) is 7.07. The van der Waals surface area contributed by atoms with Crippen LogP contribution in [0.25, 0.3) is 11.1 Å². The lowest BCUT2D eigenvalue weighted by atomic mass is 10.1. The molecule has 3 aromatic rings. The zero-order chi connectivity index (χ0) is 17.6. The Hall–Kier alpha value is -2.60. The SMILES string of the molecule is c1cncc(NCCCNC2CCN(c3nc4ccccc4o3)CC2)c1. The zero-order valence-electron chi connectivity index (χ0n) is 14.9. The van der Waals surface area contributed by atoms with Crippen molar-refractivity contribution in [2.45, 2.75) is 25.3 Å². The number of benzene rings is 1. The number of nitrogens with zero attached hydrogens (tertiary/aromatic N) is 3. The molecule has 0 saturated carbocycles. The van der Waals surface area contributed by atoms with Crippen LogP contribution in [-0.2, 0) is 0 Å². The highest BCUT2D eigenvalue weighted by molar-refractivity contribution is 5.74. The molecule has 4 rings (SSSR count). The van der Waals surface area contributed by atoms with E-state index in [1.54, 1.807) is 6.20 Å². The van der Waals surface area contributed by atoms with Gasteiger partial charge < -0.3 is 20.0 Å². The summed E-state index contributed by atoms with van der Waals surface area (Å²) in [7, 11) is 0. The quantitative estimate of drug-likeness (QED) is 0.637. The summed E-state index contributed by atoms with van der Waals surface area (Å²) in [5.74, 6) is 0. The Bertz CT molecular complexity index is 778. The summed E-state index contributed by atoms with van der Waals surface area (Å²) in [4.78, 5) is 11.0. The number of rotatable bonds is 7. The lowest BCUT2D eigenvalue weighted by Crippen LogP contribution is -2.43. The molecule has 1 fully saturated rings. The van der Waals surface area contributed by atoms with Crippen LogP contribution in [0.4, 0.5) is 11.7 Å². The normalized spacial score (nSPS) is 15.5. The molecule has 0 aliphatic carbocycles. The Kier molecular flexibility index (Phi) is 5.30. The summed E-state index contributed by atoms with van der Waals surface area (Å²) in [6.07, 6.45) is 6.99. The number of piperidine rings is 1. The van der Waals surface area contributed by atoms with Crippen LogP contribution >= 0.6 is 0 Å². The summed E-state index contributed by atoms with van der Waals surface area (Å²) < 4.78 is 5.88. The predicted octanol–water partition coefficient (Wildman–Crippen LogP) is 3.28. The molecule has 2 aromatic heterocycles. The molecule has 1 aromatic carbocycles. The van der Waals surface area contributed by atoms with E-state index in [1.807, 2.05) is 42.6 Å². The van der Waals surface area contributed by atoms with Crippen molar-refractivity contribution in [1.29, 1.82) is 0 Å². The molecule has 0 spiro atoms. The Morgan fingerprint density at radius 1 is 1.08 bits per heavy atom. The molecule has 136 valence electrons. The molecule has 0 bridgehead atoms. The van der Waals surface area contributed by atoms with Crippen LogP contribution in [0.5, 0.6) is 0 Å². The second kappa shape index (κ2) is 8.19.